The van der Waals surface area contributed by atoms with Crippen LogP contribution in [0.3, 0.4) is 0 Å². The molecule has 1 aromatic carbocycles. The van der Waals surface area contributed by atoms with Crippen LogP contribution in [0.25, 0.3) is 0 Å². The summed E-state index contributed by atoms with van der Waals surface area (Å²) in [6.45, 7) is 10.4. The van der Waals surface area contributed by atoms with Gasteiger partial charge in [-0.1, -0.05) is 11.6 Å². The molecule has 28 heavy (non-hydrogen) atoms. The number of aldehydes is 1. The number of halogens is 1. The van der Waals surface area contributed by atoms with Crippen molar-refractivity contribution in [1.82, 2.24) is 4.90 Å². The van der Waals surface area contributed by atoms with Crippen LogP contribution in [0.4, 0.5) is 9.59 Å². The summed E-state index contributed by atoms with van der Waals surface area (Å²) in [4.78, 5) is 38.4. The fourth-order valence-corrected chi connectivity index (χ4v) is 3.03. The van der Waals surface area contributed by atoms with Gasteiger partial charge in [0, 0.05) is 17.5 Å². The van der Waals surface area contributed by atoms with E-state index in [1.807, 2.05) is 0 Å². The van der Waals surface area contributed by atoms with Crippen LogP contribution < -0.4 is 4.74 Å². The average Bonchev–Trinajstić information content (AvgIpc) is 2.52. The number of carbonyl (C=O) groups excluding carboxylic acids is 3. The summed E-state index contributed by atoms with van der Waals surface area (Å²) in [6.07, 6.45) is -0.820. The molecule has 0 aromatic heterocycles. The normalized spacial score (nSPS) is 16.5. The van der Waals surface area contributed by atoms with Gasteiger partial charge < -0.3 is 14.2 Å². The maximum absolute atomic E-state index is 12.9. The smallest absolute Gasteiger partial charge is 0.420 e. The summed E-state index contributed by atoms with van der Waals surface area (Å²) < 4.78 is 16.5. The first-order valence-electron chi connectivity index (χ1n) is 8.99. The Labute approximate surface area is 169 Å². The van der Waals surface area contributed by atoms with Crippen molar-refractivity contribution >= 4 is 30.1 Å². The molecule has 0 saturated carbocycles. The lowest BCUT2D eigenvalue weighted by Crippen LogP contribution is -2.46. The van der Waals surface area contributed by atoms with Gasteiger partial charge in [-0.2, -0.15) is 0 Å². The van der Waals surface area contributed by atoms with Crippen LogP contribution in [0.15, 0.2) is 12.1 Å². The van der Waals surface area contributed by atoms with Crippen LogP contribution in [0.5, 0.6) is 5.75 Å². The number of fused-ring (bicyclic) bond motifs is 1. The van der Waals surface area contributed by atoms with E-state index in [0.717, 1.165) is 4.90 Å². The predicted octanol–water partition coefficient (Wildman–Crippen LogP) is 5.15. The van der Waals surface area contributed by atoms with E-state index >= 15 is 0 Å². The molecule has 1 heterocycles. The zero-order chi connectivity index (χ0) is 21.3. The highest BCUT2D eigenvalue weighted by molar-refractivity contribution is 6.32. The van der Waals surface area contributed by atoms with Gasteiger partial charge in [-0.15, -0.1) is 0 Å². The van der Waals surface area contributed by atoms with Crippen molar-refractivity contribution in [3.05, 3.63) is 28.3 Å². The van der Waals surface area contributed by atoms with Crippen molar-refractivity contribution in [2.75, 3.05) is 6.61 Å². The van der Waals surface area contributed by atoms with Gasteiger partial charge in [0.15, 0.2) is 6.29 Å². The number of amides is 2. The average molecular weight is 412 g/mol. The number of rotatable bonds is 2. The van der Waals surface area contributed by atoms with Crippen LogP contribution in [0, 0.1) is 0 Å². The van der Waals surface area contributed by atoms with Crippen molar-refractivity contribution in [3.63, 3.8) is 0 Å². The van der Waals surface area contributed by atoms with E-state index in [9.17, 15) is 14.4 Å². The lowest BCUT2D eigenvalue weighted by atomic mass is 9.94. The SMILES string of the molecule is CC(C)(C)OC(=O)N(C(=O)OC(C)(C)C)C1CCOc2c(Cl)ccc(C=O)c21. The van der Waals surface area contributed by atoms with Crippen molar-refractivity contribution in [3.8, 4) is 5.75 Å². The summed E-state index contributed by atoms with van der Waals surface area (Å²) in [5, 5.41) is 0.290. The summed E-state index contributed by atoms with van der Waals surface area (Å²) in [5.74, 6) is 0.277. The minimum absolute atomic E-state index is 0.210. The molecule has 8 heteroatoms. The first-order valence-corrected chi connectivity index (χ1v) is 9.37. The fourth-order valence-electron chi connectivity index (χ4n) is 2.81. The summed E-state index contributed by atoms with van der Waals surface area (Å²) in [5.41, 5.74) is -1.01. The van der Waals surface area contributed by atoms with Crippen LogP contribution in [0.1, 0.15) is 69.9 Å². The molecular weight excluding hydrogens is 386 g/mol. The molecule has 0 N–H and O–H groups in total. The Balaban J connectivity index is 2.56. The molecule has 0 fully saturated rings. The van der Waals surface area contributed by atoms with E-state index in [4.69, 9.17) is 25.8 Å². The molecule has 7 nitrogen and oxygen atoms in total. The number of ether oxygens (including phenoxy) is 3. The molecule has 2 rings (SSSR count). The minimum atomic E-state index is -0.864. The van der Waals surface area contributed by atoms with Gasteiger partial charge in [-0.25, -0.2) is 14.5 Å². The van der Waals surface area contributed by atoms with Gasteiger partial charge in [0.05, 0.1) is 17.7 Å². The molecular formula is C20H26ClNO6. The fraction of sp³-hybridized carbons (Fsp3) is 0.550. The highest BCUT2D eigenvalue weighted by Crippen LogP contribution is 2.43. The summed E-state index contributed by atoms with van der Waals surface area (Å²) in [6, 6.07) is 2.25. The Bertz CT molecular complexity index is 750. The van der Waals surface area contributed by atoms with E-state index in [1.54, 1.807) is 41.5 Å². The largest absolute Gasteiger partial charge is 0.492 e. The molecule has 1 unspecified atom stereocenters. The lowest BCUT2D eigenvalue weighted by Gasteiger charge is -2.36. The molecule has 0 spiro atoms. The second kappa shape index (κ2) is 7.99. The lowest BCUT2D eigenvalue weighted by molar-refractivity contribution is -0.0112. The first-order chi connectivity index (χ1) is 12.8. The molecule has 1 atom stereocenters. The maximum Gasteiger partial charge on any atom is 0.420 e. The highest BCUT2D eigenvalue weighted by atomic mass is 35.5. The molecule has 0 saturated heterocycles. The van der Waals surface area contributed by atoms with Gasteiger partial charge in [-0.3, -0.25) is 4.79 Å². The molecule has 2 amide bonds. The molecule has 1 aromatic rings. The third kappa shape index (κ3) is 5.16. The van der Waals surface area contributed by atoms with Crippen LogP contribution in [0.2, 0.25) is 5.02 Å². The molecule has 0 aliphatic carbocycles. The number of hydrogen-bond acceptors (Lipinski definition) is 6. The molecule has 154 valence electrons. The van der Waals surface area contributed by atoms with Gasteiger partial charge in [0.25, 0.3) is 0 Å². The Hall–Kier alpha value is -2.28. The Morgan fingerprint density at radius 3 is 2.11 bits per heavy atom. The minimum Gasteiger partial charge on any atom is -0.492 e. The van der Waals surface area contributed by atoms with Crippen molar-refractivity contribution < 1.29 is 28.6 Å². The van der Waals surface area contributed by atoms with E-state index in [0.29, 0.717) is 16.9 Å². The topological polar surface area (TPSA) is 82.1 Å². The molecule has 0 radical (unpaired) electrons. The van der Waals surface area contributed by atoms with Gasteiger partial charge in [-0.05, 0) is 53.7 Å². The van der Waals surface area contributed by atoms with E-state index in [1.165, 1.54) is 12.1 Å². The van der Waals surface area contributed by atoms with Crippen molar-refractivity contribution in [1.29, 1.82) is 0 Å². The quantitative estimate of drug-likeness (QED) is 0.626. The van der Waals surface area contributed by atoms with Gasteiger partial charge in [0.2, 0.25) is 0 Å². The second-order valence-corrected chi connectivity index (χ2v) is 8.89. The van der Waals surface area contributed by atoms with E-state index in [-0.39, 0.29) is 24.3 Å². The van der Waals surface area contributed by atoms with E-state index < -0.39 is 29.4 Å². The number of carbonyl (C=O) groups is 3. The van der Waals surface area contributed by atoms with Crippen LogP contribution in [-0.4, -0.2) is 41.2 Å². The van der Waals surface area contributed by atoms with E-state index in [2.05, 4.69) is 0 Å². The molecule has 1 aliphatic heterocycles. The van der Waals surface area contributed by atoms with Gasteiger partial charge in [0.1, 0.15) is 17.0 Å². The standard InChI is InChI=1S/C20H26ClNO6/c1-19(2,3)27-17(24)22(18(25)28-20(4,5)6)14-9-10-26-16-13(21)8-7-12(11-23)15(14)16/h7-8,11,14H,9-10H2,1-6H3. The zero-order valence-electron chi connectivity index (χ0n) is 17.0. The monoisotopic (exact) mass is 411 g/mol. The third-order valence-corrected chi connectivity index (χ3v) is 4.07. The Morgan fingerprint density at radius 2 is 1.64 bits per heavy atom. The zero-order valence-corrected chi connectivity index (χ0v) is 17.8. The van der Waals surface area contributed by atoms with Crippen molar-refractivity contribution in [2.24, 2.45) is 0 Å². The Kier molecular flexibility index (Phi) is 6.28. The number of benzene rings is 1. The highest BCUT2D eigenvalue weighted by Gasteiger charge is 2.41. The van der Waals surface area contributed by atoms with Crippen LogP contribution in [-0.2, 0) is 9.47 Å². The Morgan fingerprint density at radius 1 is 1.11 bits per heavy atom. The molecule has 1 aliphatic rings. The predicted molar refractivity (Wildman–Crippen MR) is 104 cm³/mol. The first kappa shape index (κ1) is 22.0. The number of hydrogen-bond donors (Lipinski definition) is 0. The maximum atomic E-state index is 12.9. The number of nitrogens with zero attached hydrogens (tertiary/aromatic N) is 1. The van der Waals surface area contributed by atoms with Gasteiger partial charge >= 0.3 is 12.2 Å². The summed E-state index contributed by atoms with van der Waals surface area (Å²) >= 11 is 6.22. The van der Waals surface area contributed by atoms with Crippen LogP contribution >= 0.6 is 11.6 Å². The molecule has 0 bridgehead atoms. The number of imide groups is 1. The third-order valence-electron chi connectivity index (χ3n) is 3.77. The van der Waals surface area contributed by atoms with Crippen molar-refractivity contribution in [2.45, 2.75) is 65.2 Å². The second-order valence-electron chi connectivity index (χ2n) is 8.48. The summed E-state index contributed by atoms with van der Waals surface area (Å²) in [7, 11) is 0.